The zero-order valence-corrected chi connectivity index (χ0v) is 11.0. The summed E-state index contributed by atoms with van der Waals surface area (Å²) in [6.45, 7) is 7.54. The van der Waals surface area contributed by atoms with Gasteiger partial charge >= 0.3 is 0 Å². The predicted octanol–water partition coefficient (Wildman–Crippen LogP) is 2.74. The molecule has 96 valence electrons. The Bertz CT molecular complexity index is 581. The Hall–Kier alpha value is -2.04. The second kappa shape index (κ2) is 4.68. The van der Waals surface area contributed by atoms with Crippen LogP contribution < -0.4 is 5.32 Å². The Morgan fingerprint density at radius 3 is 2.61 bits per heavy atom. The highest BCUT2D eigenvalue weighted by Gasteiger charge is 2.19. The molecule has 5 nitrogen and oxygen atoms in total. The van der Waals surface area contributed by atoms with Crippen molar-refractivity contribution in [3.8, 4) is 0 Å². The number of aromatic nitrogens is 2. The maximum atomic E-state index is 12.1. The summed E-state index contributed by atoms with van der Waals surface area (Å²) < 4.78 is 5.44. The molecular weight excluding hydrogens is 230 g/mol. The van der Waals surface area contributed by atoms with Gasteiger partial charge in [0, 0.05) is 17.3 Å². The first-order chi connectivity index (χ1) is 8.52. The molecule has 0 atom stereocenters. The molecule has 1 amide bonds. The van der Waals surface area contributed by atoms with Gasteiger partial charge in [-0.1, -0.05) is 6.92 Å². The van der Waals surface area contributed by atoms with E-state index in [1.807, 2.05) is 26.8 Å². The molecule has 0 spiro atoms. The second-order valence-corrected chi connectivity index (χ2v) is 4.30. The van der Waals surface area contributed by atoms with E-state index < -0.39 is 0 Å². The van der Waals surface area contributed by atoms with E-state index in [0.29, 0.717) is 17.1 Å². The van der Waals surface area contributed by atoms with Crippen molar-refractivity contribution in [1.82, 2.24) is 10.2 Å². The van der Waals surface area contributed by atoms with Gasteiger partial charge in [0.2, 0.25) is 0 Å². The summed E-state index contributed by atoms with van der Waals surface area (Å²) in [6, 6.07) is 1.83. The van der Waals surface area contributed by atoms with Crippen molar-refractivity contribution in [2.24, 2.45) is 0 Å². The lowest BCUT2D eigenvalue weighted by Gasteiger charge is -2.01. The van der Waals surface area contributed by atoms with Gasteiger partial charge in [-0.25, -0.2) is 0 Å². The van der Waals surface area contributed by atoms with E-state index in [-0.39, 0.29) is 5.91 Å². The molecule has 18 heavy (non-hydrogen) atoms. The molecule has 2 N–H and O–H groups in total. The van der Waals surface area contributed by atoms with Gasteiger partial charge in [-0.2, -0.15) is 5.10 Å². The summed E-state index contributed by atoms with van der Waals surface area (Å²) in [5.74, 6) is 1.76. The highest BCUT2D eigenvalue weighted by molar-refractivity contribution is 6.05. The summed E-state index contributed by atoms with van der Waals surface area (Å²) in [4.78, 5) is 12.1. The van der Waals surface area contributed by atoms with Crippen molar-refractivity contribution in [3.63, 3.8) is 0 Å². The van der Waals surface area contributed by atoms with Crippen LogP contribution in [0.15, 0.2) is 10.5 Å². The lowest BCUT2D eigenvalue weighted by Crippen LogP contribution is -2.13. The Balaban J connectivity index is 2.21. The number of hydrogen-bond donors (Lipinski definition) is 2. The summed E-state index contributed by atoms with van der Waals surface area (Å²) in [5, 5.41) is 9.66. The predicted molar refractivity (Wildman–Crippen MR) is 68.8 cm³/mol. The van der Waals surface area contributed by atoms with Gasteiger partial charge in [0.05, 0.1) is 5.56 Å². The number of carbonyl (C=O) groups is 1. The fourth-order valence-electron chi connectivity index (χ4n) is 1.91. The average Bonchev–Trinajstić information content (AvgIpc) is 2.85. The van der Waals surface area contributed by atoms with Crippen LogP contribution in [0.4, 0.5) is 5.82 Å². The van der Waals surface area contributed by atoms with Crippen LogP contribution in [-0.4, -0.2) is 16.1 Å². The van der Waals surface area contributed by atoms with Crippen LogP contribution in [0.2, 0.25) is 0 Å². The molecule has 5 heteroatoms. The van der Waals surface area contributed by atoms with Crippen LogP contribution >= 0.6 is 0 Å². The summed E-state index contributed by atoms with van der Waals surface area (Å²) in [6.07, 6.45) is 0.853. The lowest BCUT2D eigenvalue weighted by molar-refractivity contribution is 0.102. The van der Waals surface area contributed by atoms with Gasteiger partial charge in [-0.3, -0.25) is 9.89 Å². The first-order valence-electron chi connectivity index (χ1n) is 5.95. The van der Waals surface area contributed by atoms with E-state index in [4.69, 9.17) is 4.42 Å². The molecular formula is C13H17N3O2. The number of nitrogens with one attached hydrogen (secondary N) is 2. The van der Waals surface area contributed by atoms with E-state index in [1.54, 1.807) is 6.92 Å². The Morgan fingerprint density at radius 1 is 1.39 bits per heavy atom. The van der Waals surface area contributed by atoms with Gasteiger partial charge in [-0.15, -0.1) is 0 Å². The number of aromatic amines is 1. The topological polar surface area (TPSA) is 70.9 Å². The third kappa shape index (κ3) is 2.16. The minimum atomic E-state index is -0.184. The number of amides is 1. The maximum absolute atomic E-state index is 12.1. The highest BCUT2D eigenvalue weighted by Crippen LogP contribution is 2.21. The largest absolute Gasteiger partial charge is 0.466 e. The zero-order valence-electron chi connectivity index (χ0n) is 11.0. The van der Waals surface area contributed by atoms with E-state index in [0.717, 1.165) is 23.4 Å². The van der Waals surface area contributed by atoms with Crippen LogP contribution in [0.25, 0.3) is 0 Å². The number of aryl methyl sites for hydroxylation is 3. The van der Waals surface area contributed by atoms with Crippen LogP contribution in [-0.2, 0) is 6.42 Å². The van der Waals surface area contributed by atoms with Gasteiger partial charge < -0.3 is 9.73 Å². The third-order valence-corrected chi connectivity index (χ3v) is 3.04. The number of furan rings is 1. The fourth-order valence-corrected chi connectivity index (χ4v) is 1.91. The number of carbonyl (C=O) groups excluding carboxylic acids is 1. The normalized spacial score (nSPS) is 10.7. The van der Waals surface area contributed by atoms with Crippen LogP contribution in [0.5, 0.6) is 0 Å². The third-order valence-electron chi connectivity index (χ3n) is 3.04. The Labute approximate surface area is 106 Å². The maximum Gasteiger partial charge on any atom is 0.260 e. The minimum absolute atomic E-state index is 0.184. The Morgan fingerprint density at radius 2 is 2.11 bits per heavy atom. The van der Waals surface area contributed by atoms with Crippen molar-refractivity contribution in [2.45, 2.75) is 34.1 Å². The lowest BCUT2D eigenvalue weighted by atomic mass is 10.1. The number of nitrogens with zero attached hydrogens (tertiary/aromatic N) is 1. The molecule has 2 aromatic rings. The SMILES string of the molecule is CCc1cc(NC(=O)c2c(C)oc(C)c2C)n[nH]1. The fraction of sp³-hybridized carbons (Fsp3) is 0.385. The van der Waals surface area contributed by atoms with Crippen molar-refractivity contribution in [3.05, 3.63) is 34.4 Å². The van der Waals surface area contributed by atoms with Gasteiger partial charge in [0.1, 0.15) is 11.5 Å². The van der Waals surface area contributed by atoms with Crippen molar-refractivity contribution in [2.75, 3.05) is 5.32 Å². The Kier molecular flexibility index (Phi) is 3.23. The molecule has 0 aliphatic rings. The van der Waals surface area contributed by atoms with E-state index in [1.165, 1.54) is 0 Å². The van der Waals surface area contributed by atoms with E-state index in [2.05, 4.69) is 15.5 Å². The molecule has 0 aliphatic heterocycles. The molecule has 2 rings (SSSR count). The van der Waals surface area contributed by atoms with Gasteiger partial charge in [0.15, 0.2) is 5.82 Å². The first-order valence-corrected chi connectivity index (χ1v) is 5.95. The molecule has 0 aliphatic carbocycles. The van der Waals surface area contributed by atoms with Crippen molar-refractivity contribution in [1.29, 1.82) is 0 Å². The van der Waals surface area contributed by atoms with Crippen LogP contribution in [0, 0.1) is 20.8 Å². The van der Waals surface area contributed by atoms with Crippen molar-refractivity contribution < 1.29 is 9.21 Å². The van der Waals surface area contributed by atoms with E-state index in [9.17, 15) is 4.79 Å². The van der Waals surface area contributed by atoms with Crippen molar-refractivity contribution >= 4 is 11.7 Å². The standard InChI is InChI=1S/C13H17N3O2/c1-5-10-6-11(16-15-10)14-13(17)12-7(2)8(3)18-9(12)4/h6H,5H2,1-4H3,(H2,14,15,16,17). The quantitative estimate of drug-likeness (QED) is 0.876. The minimum Gasteiger partial charge on any atom is -0.466 e. The molecule has 0 aromatic carbocycles. The molecule has 0 radical (unpaired) electrons. The number of rotatable bonds is 3. The number of H-pyrrole nitrogens is 1. The molecule has 0 fully saturated rings. The molecule has 0 saturated heterocycles. The monoisotopic (exact) mass is 247 g/mol. The molecule has 0 unspecified atom stereocenters. The summed E-state index contributed by atoms with van der Waals surface area (Å²) in [7, 11) is 0. The van der Waals surface area contributed by atoms with E-state index >= 15 is 0 Å². The van der Waals surface area contributed by atoms with Crippen LogP contribution in [0.1, 0.15) is 40.1 Å². The molecule has 0 saturated carbocycles. The smallest absolute Gasteiger partial charge is 0.260 e. The zero-order chi connectivity index (χ0) is 13.3. The molecule has 0 bridgehead atoms. The average molecular weight is 247 g/mol. The van der Waals surface area contributed by atoms with Gasteiger partial charge in [0.25, 0.3) is 5.91 Å². The highest BCUT2D eigenvalue weighted by atomic mass is 16.3. The summed E-state index contributed by atoms with van der Waals surface area (Å²) in [5.41, 5.74) is 2.45. The summed E-state index contributed by atoms with van der Waals surface area (Å²) >= 11 is 0. The molecule has 2 heterocycles. The molecule has 2 aromatic heterocycles. The number of anilines is 1. The van der Waals surface area contributed by atoms with Crippen LogP contribution in [0.3, 0.4) is 0 Å². The first kappa shape index (κ1) is 12.4. The number of hydrogen-bond acceptors (Lipinski definition) is 3. The van der Waals surface area contributed by atoms with Gasteiger partial charge in [-0.05, 0) is 27.2 Å². The second-order valence-electron chi connectivity index (χ2n) is 4.30.